The van der Waals surface area contributed by atoms with E-state index in [1.54, 1.807) is 6.08 Å². The Morgan fingerprint density at radius 1 is 1.24 bits per heavy atom. The van der Waals surface area contributed by atoms with Gasteiger partial charge in [-0.25, -0.2) is 0 Å². The van der Waals surface area contributed by atoms with Gasteiger partial charge in [-0.2, -0.15) is 0 Å². The summed E-state index contributed by atoms with van der Waals surface area (Å²) in [6, 6.07) is 0. The molecule has 1 N–H and O–H groups in total. The zero-order chi connectivity index (χ0) is 13.1. The number of nitrogens with one attached hydrogen (secondary N) is 1. The van der Waals surface area contributed by atoms with Crippen molar-refractivity contribution in [2.75, 3.05) is 13.6 Å². The molecule has 0 radical (unpaired) electrons. The molecule has 0 atom stereocenters. The highest BCUT2D eigenvalue weighted by Gasteiger charge is 1.98. The molecule has 1 heteroatoms. The van der Waals surface area contributed by atoms with E-state index in [-0.39, 0.29) is 0 Å². The smallest absolute Gasteiger partial charge is 0.0135 e. The van der Waals surface area contributed by atoms with Crippen molar-refractivity contribution in [3.8, 4) is 0 Å². The lowest BCUT2D eigenvalue weighted by Crippen LogP contribution is -2.04. The van der Waals surface area contributed by atoms with Crippen LogP contribution in [0.4, 0.5) is 0 Å². The second-order valence-electron chi connectivity index (χ2n) is 4.31. The summed E-state index contributed by atoms with van der Waals surface area (Å²) < 4.78 is 0. The topological polar surface area (TPSA) is 12.0 Å². The molecule has 0 aromatic heterocycles. The molecule has 0 amide bonds. The molecule has 0 heterocycles. The van der Waals surface area contributed by atoms with Crippen molar-refractivity contribution in [2.24, 2.45) is 5.92 Å². The van der Waals surface area contributed by atoms with Crippen LogP contribution in [0.25, 0.3) is 0 Å². The number of allylic oxidation sites excluding steroid dienone is 7. The highest BCUT2D eigenvalue weighted by Crippen LogP contribution is 2.16. The molecule has 0 saturated carbocycles. The predicted molar refractivity (Wildman–Crippen MR) is 79.1 cm³/mol. The van der Waals surface area contributed by atoms with Gasteiger partial charge < -0.3 is 5.32 Å². The number of hydrogen-bond donors (Lipinski definition) is 1. The maximum absolute atomic E-state index is 3.85. The summed E-state index contributed by atoms with van der Waals surface area (Å²) in [6.07, 6.45) is 13.2. The first-order chi connectivity index (χ1) is 8.15. The van der Waals surface area contributed by atoms with Gasteiger partial charge in [-0.05, 0) is 30.5 Å². The van der Waals surface area contributed by atoms with E-state index in [4.69, 9.17) is 0 Å². The van der Waals surface area contributed by atoms with Gasteiger partial charge in [0.15, 0.2) is 0 Å². The predicted octanol–water partition coefficient (Wildman–Crippen LogP) is 4.03. The Labute approximate surface area is 106 Å². The summed E-state index contributed by atoms with van der Waals surface area (Å²) in [4.78, 5) is 0. The summed E-state index contributed by atoms with van der Waals surface area (Å²) >= 11 is 0. The zero-order valence-corrected chi connectivity index (χ0v) is 11.4. The van der Waals surface area contributed by atoms with Crippen LogP contribution in [0.5, 0.6) is 0 Å². The first kappa shape index (κ1) is 15.7. The molecule has 0 saturated heterocycles. The van der Waals surface area contributed by atoms with Crippen molar-refractivity contribution in [1.82, 2.24) is 5.32 Å². The monoisotopic (exact) mass is 231 g/mol. The van der Waals surface area contributed by atoms with Crippen LogP contribution in [0.1, 0.15) is 20.3 Å². The average Bonchev–Trinajstić information content (AvgIpc) is 2.31. The van der Waals surface area contributed by atoms with Crippen LogP contribution in [0.2, 0.25) is 0 Å². The Balaban J connectivity index is 4.94. The molecule has 0 unspecified atom stereocenters. The molecule has 94 valence electrons. The molecule has 0 aromatic rings. The van der Waals surface area contributed by atoms with Crippen LogP contribution in [0.3, 0.4) is 0 Å². The molecule has 0 aliphatic carbocycles. The molecule has 0 rings (SSSR count). The summed E-state index contributed by atoms with van der Waals surface area (Å²) in [7, 11) is 1.94. The third-order valence-corrected chi connectivity index (χ3v) is 2.28. The molecule has 0 aliphatic heterocycles. The van der Waals surface area contributed by atoms with E-state index in [0.717, 1.165) is 18.5 Å². The molecular weight excluding hydrogens is 206 g/mol. The van der Waals surface area contributed by atoms with Crippen LogP contribution in [0.15, 0.2) is 60.8 Å². The van der Waals surface area contributed by atoms with E-state index in [2.05, 4.69) is 50.6 Å². The van der Waals surface area contributed by atoms with Crippen molar-refractivity contribution in [3.63, 3.8) is 0 Å². The lowest BCUT2D eigenvalue weighted by atomic mass is 10.0. The molecule has 0 spiro atoms. The lowest BCUT2D eigenvalue weighted by molar-refractivity contribution is 0.662. The van der Waals surface area contributed by atoms with Crippen molar-refractivity contribution in [3.05, 3.63) is 60.8 Å². The molecule has 1 nitrogen and oxygen atoms in total. The molecular formula is C16H25N. The van der Waals surface area contributed by atoms with Crippen LogP contribution >= 0.6 is 0 Å². The first-order valence-electron chi connectivity index (χ1n) is 6.12. The fourth-order valence-electron chi connectivity index (χ4n) is 1.36. The second kappa shape index (κ2) is 9.86. The highest BCUT2D eigenvalue weighted by molar-refractivity contribution is 5.47. The Morgan fingerprint density at radius 2 is 1.94 bits per heavy atom. The Bertz CT molecular complexity index is 316. The van der Waals surface area contributed by atoms with E-state index >= 15 is 0 Å². The van der Waals surface area contributed by atoms with E-state index in [1.807, 2.05) is 19.2 Å². The van der Waals surface area contributed by atoms with Crippen LogP contribution < -0.4 is 5.32 Å². The third-order valence-electron chi connectivity index (χ3n) is 2.28. The summed E-state index contributed by atoms with van der Waals surface area (Å²) in [5.74, 6) is 0.664. The third kappa shape index (κ3) is 7.53. The first-order valence-corrected chi connectivity index (χ1v) is 6.12. The van der Waals surface area contributed by atoms with Crippen molar-refractivity contribution in [1.29, 1.82) is 0 Å². The summed E-state index contributed by atoms with van der Waals surface area (Å²) in [6.45, 7) is 12.9. The lowest BCUT2D eigenvalue weighted by Gasteiger charge is -2.05. The van der Waals surface area contributed by atoms with Crippen molar-refractivity contribution in [2.45, 2.75) is 20.3 Å². The molecule has 0 aromatic carbocycles. The minimum absolute atomic E-state index is 0.664. The fraction of sp³-hybridized carbons (Fsp3) is 0.375. The standard InChI is InChI=1S/C16H25N/c1-6-9-15(7-2)16(10-8-13-17-5)12-11-14(3)4/h6-10,12,14,17H,1-2,11,13H2,3-5H3/b10-8-,15-9+,16-12+. The Kier molecular flexibility index (Phi) is 9.08. The number of rotatable bonds is 8. The van der Waals surface area contributed by atoms with Gasteiger partial charge in [-0.1, -0.05) is 63.5 Å². The van der Waals surface area contributed by atoms with Gasteiger partial charge in [0.05, 0.1) is 0 Å². The van der Waals surface area contributed by atoms with Gasteiger partial charge in [0.25, 0.3) is 0 Å². The van der Waals surface area contributed by atoms with Crippen LogP contribution in [-0.2, 0) is 0 Å². The van der Waals surface area contributed by atoms with Gasteiger partial charge in [-0.3, -0.25) is 0 Å². The van der Waals surface area contributed by atoms with Gasteiger partial charge in [-0.15, -0.1) is 0 Å². The van der Waals surface area contributed by atoms with Crippen LogP contribution in [0, 0.1) is 5.92 Å². The second-order valence-corrected chi connectivity index (χ2v) is 4.31. The van der Waals surface area contributed by atoms with Gasteiger partial charge in [0.1, 0.15) is 0 Å². The van der Waals surface area contributed by atoms with Gasteiger partial charge in [0.2, 0.25) is 0 Å². The van der Waals surface area contributed by atoms with Crippen molar-refractivity contribution >= 4 is 0 Å². The highest BCUT2D eigenvalue weighted by atomic mass is 14.8. The average molecular weight is 231 g/mol. The van der Waals surface area contributed by atoms with Crippen LogP contribution in [-0.4, -0.2) is 13.6 Å². The molecule has 0 bridgehead atoms. The minimum Gasteiger partial charge on any atom is -0.316 e. The van der Waals surface area contributed by atoms with E-state index < -0.39 is 0 Å². The van der Waals surface area contributed by atoms with Gasteiger partial charge in [0, 0.05) is 6.54 Å². The molecule has 0 aliphatic rings. The SMILES string of the molecule is C=C/C=C(C=C)/C(/C=C\CNC)=C/CC(C)C. The van der Waals surface area contributed by atoms with Gasteiger partial charge >= 0.3 is 0 Å². The summed E-state index contributed by atoms with van der Waals surface area (Å²) in [5.41, 5.74) is 2.33. The largest absolute Gasteiger partial charge is 0.316 e. The van der Waals surface area contributed by atoms with E-state index in [1.165, 1.54) is 5.57 Å². The maximum atomic E-state index is 3.85. The fourth-order valence-corrected chi connectivity index (χ4v) is 1.36. The molecule has 17 heavy (non-hydrogen) atoms. The Hall–Kier alpha value is -1.34. The molecule has 0 fully saturated rings. The minimum atomic E-state index is 0.664. The quantitative estimate of drug-likeness (QED) is 0.622. The van der Waals surface area contributed by atoms with Crippen molar-refractivity contribution < 1.29 is 0 Å². The Morgan fingerprint density at radius 3 is 2.41 bits per heavy atom. The normalized spacial score (nSPS) is 13.4. The van der Waals surface area contributed by atoms with E-state index in [9.17, 15) is 0 Å². The van der Waals surface area contributed by atoms with E-state index in [0.29, 0.717) is 5.92 Å². The zero-order valence-electron chi connectivity index (χ0n) is 11.4. The summed E-state index contributed by atoms with van der Waals surface area (Å²) in [5, 5.41) is 3.10. The maximum Gasteiger partial charge on any atom is 0.0135 e. The number of hydrogen-bond acceptors (Lipinski definition) is 1. The number of likely N-dealkylation sites (N-methyl/N-ethyl adjacent to an activating group) is 1.